The van der Waals surface area contributed by atoms with E-state index in [-0.39, 0.29) is 5.91 Å². The fourth-order valence-corrected chi connectivity index (χ4v) is 2.82. The molecule has 1 heterocycles. The second kappa shape index (κ2) is 5.63. The Kier molecular flexibility index (Phi) is 4.14. The van der Waals surface area contributed by atoms with Crippen LogP contribution in [0.1, 0.15) is 15.6 Å². The van der Waals surface area contributed by atoms with Crippen LogP contribution in [-0.2, 0) is 11.2 Å². The Morgan fingerprint density at radius 3 is 2.56 bits per heavy atom. The monoisotopic (exact) mass is 324 g/mol. The molecule has 0 spiro atoms. The van der Waals surface area contributed by atoms with Gasteiger partial charge in [0.1, 0.15) is 0 Å². The predicted molar refractivity (Wildman–Crippen MR) is 78.1 cm³/mol. The van der Waals surface area contributed by atoms with E-state index >= 15 is 0 Å². The lowest BCUT2D eigenvalue weighted by atomic mass is 10.2. The van der Waals surface area contributed by atoms with Gasteiger partial charge >= 0.3 is 0 Å². The fourth-order valence-electron chi connectivity index (χ4n) is 1.62. The number of hydrogen-bond acceptors (Lipinski definition) is 3. The van der Waals surface area contributed by atoms with Crippen molar-refractivity contribution in [1.82, 2.24) is 4.98 Å². The molecule has 94 valence electrons. The maximum Gasteiger partial charge on any atom is 0.229 e. The number of nitrogens with zero attached hydrogens (tertiary/aromatic N) is 1. The number of carbonyl (C=O) groups excluding carboxylic acids is 1. The highest BCUT2D eigenvalue weighted by Gasteiger charge is 2.10. The van der Waals surface area contributed by atoms with Crippen molar-refractivity contribution >= 4 is 38.9 Å². The zero-order chi connectivity index (χ0) is 13.1. The summed E-state index contributed by atoms with van der Waals surface area (Å²) in [5.41, 5.74) is 1.76. The molecule has 0 unspecified atom stereocenters. The standard InChI is InChI=1S/C13H13BrN2OS/c1-8-12(18-9(2)15-8)7-13(17)16-11-5-3-10(14)4-6-11/h3-6H,7H2,1-2H3,(H,16,17). The maximum atomic E-state index is 11.9. The average Bonchev–Trinajstić information content (AvgIpc) is 2.61. The number of thiazole rings is 1. The third-order valence-corrected chi connectivity index (χ3v) is 4.05. The Morgan fingerprint density at radius 1 is 1.33 bits per heavy atom. The van der Waals surface area contributed by atoms with Crippen molar-refractivity contribution < 1.29 is 4.79 Å². The molecule has 0 saturated carbocycles. The molecule has 0 aliphatic heterocycles. The van der Waals surface area contributed by atoms with Gasteiger partial charge < -0.3 is 5.32 Å². The van der Waals surface area contributed by atoms with Gasteiger partial charge in [-0.1, -0.05) is 15.9 Å². The number of carbonyl (C=O) groups is 1. The van der Waals surface area contributed by atoms with Gasteiger partial charge in [0.2, 0.25) is 5.91 Å². The molecule has 1 aromatic heterocycles. The fraction of sp³-hybridized carbons (Fsp3) is 0.231. The topological polar surface area (TPSA) is 42.0 Å². The average molecular weight is 325 g/mol. The Labute approximate surface area is 118 Å². The van der Waals surface area contributed by atoms with E-state index < -0.39 is 0 Å². The summed E-state index contributed by atoms with van der Waals surface area (Å²) in [4.78, 5) is 17.2. The van der Waals surface area contributed by atoms with E-state index in [1.165, 1.54) is 0 Å². The first-order valence-electron chi connectivity index (χ1n) is 5.53. The number of aromatic nitrogens is 1. The molecule has 1 amide bonds. The molecular formula is C13H13BrN2OS. The van der Waals surface area contributed by atoms with Crippen LogP contribution in [0.3, 0.4) is 0 Å². The van der Waals surface area contributed by atoms with Gasteiger partial charge in [-0.25, -0.2) is 4.98 Å². The molecule has 1 N–H and O–H groups in total. The van der Waals surface area contributed by atoms with Gasteiger partial charge in [0.15, 0.2) is 0 Å². The summed E-state index contributed by atoms with van der Waals surface area (Å²) in [6.45, 7) is 3.89. The molecule has 0 atom stereocenters. The van der Waals surface area contributed by atoms with Crippen molar-refractivity contribution in [3.63, 3.8) is 0 Å². The minimum Gasteiger partial charge on any atom is -0.326 e. The molecule has 0 saturated heterocycles. The van der Waals surface area contributed by atoms with Crippen LogP contribution in [0.15, 0.2) is 28.7 Å². The first-order valence-corrected chi connectivity index (χ1v) is 7.14. The summed E-state index contributed by atoms with van der Waals surface area (Å²) in [5, 5.41) is 3.87. The largest absolute Gasteiger partial charge is 0.326 e. The molecule has 18 heavy (non-hydrogen) atoms. The second-order valence-corrected chi connectivity index (χ2v) is 6.18. The van der Waals surface area contributed by atoms with Crippen molar-refractivity contribution in [2.75, 3.05) is 5.32 Å². The van der Waals surface area contributed by atoms with E-state index in [1.807, 2.05) is 38.1 Å². The summed E-state index contributed by atoms with van der Waals surface area (Å²) in [5.74, 6) is -0.0101. The molecule has 0 bridgehead atoms. The van der Waals surface area contributed by atoms with Crippen molar-refractivity contribution in [1.29, 1.82) is 0 Å². The third kappa shape index (κ3) is 3.40. The van der Waals surface area contributed by atoms with Gasteiger partial charge in [0.05, 0.1) is 17.1 Å². The second-order valence-electron chi connectivity index (χ2n) is 3.97. The van der Waals surface area contributed by atoms with E-state index in [0.29, 0.717) is 6.42 Å². The predicted octanol–water partition coefficient (Wildman–Crippen LogP) is 3.70. The van der Waals surface area contributed by atoms with E-state index in [2.05, 4.69) is 26.2 Å². The minimum absolute atomic E-state index is 0.0101. The SMILES string of the molecule is Cc1nc(C)c(CC(=O)Nc2ccc(Br)cc2)s1. The summed E-state index contributed by atoms with van der Waals surface area (Å²) >= 11 is 4.93. The molecular weight excluding hydrogens is 312 g/mol. The van der Waals surface area contributed by atoms with Crippen LogP contribution in [0.4, 0.5) is 5.69 Å². The molecule has 2 aromatic rings. The number of rotatable bonds is 3. The van der Waals surface area contributed by atoms with Crippen molar-refractivity contribution in [3.05, 3.63) is 44.3 Å². The first-order chi connectivity index (χ1) is 8.54. The Balaban J connectivity index is 2.01. The normalized spacial score (nSPS) is 10.4. The van der Waals surface area contributed by atoms with Crippen molar-refractivity contribution in [3.8, 4) is 0 Å². The van der Waals surface area contributed by atoms with Crippen molar-refractivity contribution in [2.45, 2.75) is 20.3 Å². The van der Waals surface area contributed by atoms with Gasteiger partial charge in [-0.3, -0.25) is 4.79 Å². The van der Waals surface area contributed by atoms with Gasteiger partial charge in [0, 0.05) is 15.0 Å². The highest BCUT2D eigenvalue weighted by Crippen LogP contribution is 2.19. The van der Waals surface area contributed by atoms with Crippen LogP contribution in [-0.4, -0.2) is 10.9 Å². The van der Waals surface area contributed by atoms with Gasteiger partial charge in [-0.05, 0) is 38.1 Å². The van der Waals surface area contributed by atoms with Crippen LogP contribution in [0, 0.1) is 13.8 Å². The molecule has 0 radical (unpaired) electrons. The van der Waals surface area contributed by atoms with Crippen molar-refractivity contribution in [2.24, 2.45) is 0 Å². The molecule has 0 aliphatic rings. The van der Waals surface area contributed by atoms with Crippen LogP contribution < -0.4 is 5.32 Å². The zero-order valence-electron chi connectivity index (χ0n) is 10.2. The van der Waals surface area contributed by atoms with Gasteiger partial charge in [0.25, 0.3) is 0 Å². The van der Waals surface area contributed by atoms with Crippen LogP contribution in [0.25, 0.3) is 0 Å². The molecule has 2 rings (SSSR count). The number of anilines is 1. The highest BCUT2D eigenvalue weighted by atomic mass is 79.9. The van der Waals surface area contributed by atoms with Crippen LogP contribution in [0.2, 0.25) is 0 Å². The molecule has 0 fully saturated rings. The zero-order valence-corrected chi connectivity index (χ0v) is 12.6. The Hall–Kier alpha value is -1.20. The number of aryl methyl sites for hydroxylation is 2. The van der Waals surface area contributed by atoms with E-state index in [0.717, 1.165) is 25.7 Å². The lowest BCUT2D eigenvalue weighted by Gasteiger charge is -2.04. The highest BCUT2D eigenvalue weighted by molar-refractivity contribution is 9.10. The molecule has 3 nitrogen and oxygen atoms in total. The molecule has 0 aliphatic carbocycles. The van der Waals surface area contributed by atoms with E-state index in [9.17, 15) is 4.79 Å². The van der Waals surface area contributed by atoms with Crippen LogP contribution >= 0.6 is 27.3 Å². The molecule has 1 aromatic carbocycles. The Morgan fingerprint density at radius 2 is 2.00 bits per heavy atom. The van der Waals surface area contributed by atoms with Gasteiger partial charge in [-0.15, -0.1) is 11.3 Å². The lowest BCUT2D eigenvalue weighted by Crippen LogP contribution is -2.14. The summed E-state index contributed by atoms with van der Waals surface area (Å²) < 4.78 is 0.995. The van der Waals surface area contributed by atoms with Gasteiger partial charge in [-0.2, -0.15) is 0 Å². The lowest BCUT2D eigenvalue weighted by molar-refractivity contribution is -0.115. The third-order valence-electron chi connectivity index (χ3n) is 2.45. The smallest absolute Gasteiger partial charge is 0.229 e. The molecule has 5 heteroatoms. The summed E-state index contributed by atoms with van der Waals surface area (Å²) in [6, 6.07) is 7.54. The van der Waals surface area contributed by atoms with Crippen LogP contribution in [0.5, 0.6) is 0 Å². The number of amides is 1. The number of benzene rings is 1. The summed E-state index contributed by atoms with van der Waals surface area (Å²) in [7, 11) is 0. The summed E-state index contributed by atoms with van der Waals surface area (Å²) in [6.07, 6.45) is 0.382. The first kappa shape index (κ1) is 13.2. The Bertz CT molecular complexity index is 563. The van der Waals surface area contributed by atoms with E-state index in [1.54, 1.807) is 11.3 Å². The quantitative estimate of drug-likeness (QED) is 0.935. The maximum absolute atomic E-state index is 11.9. The number of hydrogen-bond donors (Lipinski definition) is 1. The number of nitrogens with one attached hydrogen (secondary N) is 1. The number of halogens is 1. The van der Waals surface area contributed by atoms with E-state index in [4.69, 9.17) is 0 Å². The minimum atomic E-state index is -0.0101.